The molecule has 0 amide bonds. The molecular formula is C11H9Cl2F3. The summed E-state index contributed by atoms with van der Waals surface area (Å²) in [6, 6.07) is 8.94. The van der Waals surface area contributed by atoms with Gasteiger partial charge in [-0.3, -0.25) is 0 Å². The number of hydrogen-bond acceptors (Lipinski definition) is 0. The second-order valence-electron chi connectivity index (χ2n) is 3.22. The fourth-order valence-corrected chi connectivity index (χ4v) is 1.20. The zero-order valence-corrected chi connectivity index (χ0v) is 9.65. The number of alkyl halides is 5. The van der Waals surface area contributed by atoms with Gasteiger partial charge in [0.05, 0.1) is 0 Å². The monoisotopic (exact) mass is 268 g/mol. The van der Waals surface area contributed by atoms with Crippen molar-refractivity contribution in [1.82, 2.24) is 0 Å². The van der Waals surface area contributed by atoms with E-state index < -0.39 is 16.9 Å². The summed E-state index contributed by atoms with van der Waals surface area (Å²) in [6.07, 6.45) is -2.25. The molecule has 0 spiro atoms. The third-order valence-corrected chi connectivity index (χ3v) is 2.64. The van der Waals surface area contributed by atoms with E-state index >= 15 is 0 Å². The number of hydrogen-bond donors (Lipinski definition) is 0. The molecule has 0 nitrogen and oxygen atoms in total. The number of halogens is 5. The van der Waals surface area contributed by atoms with Crippen molar-refractivity contribution in [2.75, 3.05) is 0 Å². The second kappa shape index (κ2) is 5.11. The highest BCUT2D eigenvalue weighted by molar-refractivity contribution is 6.49. The lowest BCUT2D eigenvalue weighted by Crippen LogP contribution is -2.33. The number of benzene rings is 1. The third-order valence-electron chi connectivity index (χ3n) is 1.90. The van der Waals surface area contributed by atoms with Crippen LogP contribution in [0.25, 0.3) is 6.08 Å². The normalized spacial score (nSPS) is 13.3. The maximum atomic E-state index is 12.3. The van der Waals surface area contributed by atoms with E-state index in [4.69, 9.17) is 23.2 Å². The Morgan fingerprint density at radius 2 is 1.62 bits per heavy atom. The molecule has 0 saturated heterocycles. The first-order valence-electron chi connectivity index (χ1n) is 4.49. The summed E-state index contributed by atoms with van der Waals surface area (Å²) in [6.45, 7) is 0. The fourth-order valence-electron chi connectivity index (χ4n) is 1.02. The zero-order valence-electron chi connectivity index (χ0n) is 8.14. The van der Waals surface area contributed by atoms with Crippen molar-refractivity contribution in [3.8, 4) is 0 Å². The second-order valence-corrected chi connectivity index (χ2v) is 4.70. The van der Waals surface area contributed by atoms with E-state index in [0.717, 1.165) is 5.56 Å². The van der Waals surface area contributed by atoms with Crippen molar-refractivity contribution in [2.24, 2.45) is 0 Å². The molecule has 0 N–H and O–H groups in total. The Bertz CT molecular complexity index is 355. The van der Waals surface area contributed by atoms with Gasteiger partial charge in [-0.1, -0.05) is 65.7 Å². The lowest BCUT2D eigenvalue weighted by atomic mass is 10.2. The van der Waals surface area contributed by atoms with E-state index in [9.17, 15) is 13.2 Å². The molecule has 5 heteroatoms. The van der Waals surface area contributed by atoms with E-state index in [1.54, 1.807) is 30.3 Å². The zero-order chi connectivity index (χ0) is 12.2. The summed E-state index contributed by atoms with van der Waals surface area (Å²) in [5.41, 5.74) is 0.800. The van der Waals surface area contributed by atoms with Gasteiger partial charge in [-0.05, 0) is 5.56 Å². The van der Waals surface area contributed by atoms with Gasteiger partial charge in [0.15, 0.2) is 0 Å². The predicted octanol–water partition coefficient (Wildman–Crippen LogP) is 4.83. The molecule has 0 atom stereocenters. The minimum atomic E-state index is -4.63. The van der Waals surface area contributed by atoms with Crippen molar-refractivity contribution in [1.29, 1.82) is 0 Å². The topological polar surface area (TPSA) is 0 Å². The number of allylic oxidation sites excluding steroid dienone is 1. The molecule has 1 aromatic rings. The first-order chi connectivity index (χ1) is 7.33. The van der Waals surface area contributed by atoms with Gasteiger partial charge < -0.3 is 0 Å². The lowest BCUT2D eigenvalue weighted by Gasteiger charge is -2.20. The van der Waals surface area contributed by atoms with Gasteiger partial charge in [-0.2, -0.15) is 13.2 Å². The molecule has 0 bridgehead atoms. The van der Waals surface area contributed by atoms with Crippen LogP contribution in [-0.2, 0) is 0 Å². The minimum Gasteiger partial charge on any atom is -0.168 e. The van der Waals surface area contributed by atoms with Crippen LogP contribution in [0, 0.1) is 0 Å². The molecule has 0 saturated carbocycles. The summed E-state index contributed by atoms with van der Waals surface area (Å²) in [5, 5.41) is 0. The minimum absolute atomic E-state index is 0.478. The lowest BCUT2D eigenvalue weighted by molar-refractivity contribution is -0.140. The van der Waals surface area contributed by atoms with Gasteiger partial charge in [0.2, 0.25) is 4.33 Å². The van der Waals surface area contributed by atoms with E-state index in [1.165, 1.54) is 6.08 Å². The van der Waals surface area contributed by atoms with E-state index in [-0.39, 0.29) is 0 Å². The molecule has 88 valence electrons. The van der Waals surface area contributed by atoms with E-state index in [0.29, 0.717) is 0 Å². The van der Waals surface area contributed by atoms with Gasteiger partial charge in [0, 0.05) is 6.42 Å². The van der Waals surface area contributed by atoms with Crippen LogP contribution in [0.1, 0.15) is 12.0 Å². The summed E-state index contributed by atoms with van der Waals surface area (Å²) in [7, 11) is 0. The highest BCUT2D eigenvalue weighted by Gasteiger charge is 2.51. The Hall–Kier alpha value is -0.670. The van der Waals surface area contributed by atoms with Crippen LogP contribution in [-0.4, -0.2) is 10.5 Å². The fraction of sp³-hybridized carbons (Fsp3) is 0.273. The average Bonchev–Trinajstić information content (AvgIpc) is 2.17. The van der Waals surface area contributed by atoms with Crippen molar-refractivity contribution in [3.63, 3.8) is 0 Å². The average molecular weight is 269 g/mol. The summed E-state index contributed by atoms with van der Waals surface area (Å²) in [4.78, 5) is 0. The molecule has 0 aliphatic heterocycles. The van der Waals surface area contributed by atoms with Crippen LogP contribution in [0.4, 0.5) is 13.2 Å². The van der Waals surface area contributed by atoms with Gasteiger partial charge >= 0.3 is 6.18 Å². The Morgan fingerprint density at radius 1 is 1.06 bits per heavy atom. The van der Waals surface area contributed by atoms with Crippen LogP contribution in [0.5, 0.6) is 0 Å². The van der Waals surface area contributed by atoms with Gasteiger partial charge in [-0.15, -0.1) is 0 Å². The predicted molar refractivity (Wildman–Crippen MR) is 60.6 cm³/mol. The van der Waals surface area contributed by atoms with E-state index in [1.807, 2.05) is 6.07 Å². The molecule has 0 radical (unpaired) electrons. The highest BCUT2D eigenvalue weighted by atomic mass is 35.5. The first-order valence-corrected chi connectivity index (χ1v) is 5.25. The Morgan fingerprint density at radius 3 is 2.12 bits per heavy atom. The SMILES string of the molecule is FC(F)(F)C(Cl)(Cl)CC=Cc1ccccc1. The molecule has 0 aromatic heterocycles. The summed E-state index contributed by atoms with van der Waals surface area (Å²) in [5.74, 6) is 0. The highest BCUT2D eigenvalue weighted by Crippen LogP contribution is 2.42. The quantitative estimate of drug-likeness (QED) is 0.689. The Kier molecular flexibility index (Phi) is 4.28. The molecule has 0 aliphatic rings. The molecule has 16 heavy (non-hydrogen) atoms. The van der Waals surface area contributed by atoms with Gasteiger partial charge in [-0.25, -0.2) is 0 Å². The van der Waals surface area contributed by atoms with Gasteiger partial charge in [0.1, 0.15) is 0 Å². The smallest absolute Gasteiger partial charge is 0.168 e. The van der Waals surface area contributed by atoms with Crippen molar-refractivity contribution >= 4 is 29.3 Å². The first kappa shape index (κ1) is 13.4. The summed E-state index contributed by atoms with van der Waals surface area (Å²) >= 11 is 10.3. The van der Waals surface area contributed by atoms with Crippen LogP contribution < -0.4 is 0 Å². The third kappa shape index (κ3) is 3.72. The van der Waals surface area contributed by atoms with Crippen molar-refractivity contribution < 1.29 is 13.2 Å². The maximum absolute atomic E-state index is 12.3. The van der Waals surface area contributed by atoms with Crippen molar-refractivity contribution in [2.45, 2.75) is 16.9 Å². The molecule has 1 rings (SSSR count). The standard InChI is InChI=1S/C11H9Cl2F3/c12-10(13,11(14,15)16)8-4-7-9-5-2-1-3-6-9/h1-7H,8H2. The van der Waals surface area contributed by atoms with E-state index in [2.05, 4.69) is 0 Å². The molecule has 1 aromatic carbocycles. The molecule has 0 heterocycles. The molecular weight excluding hydrogens is 260 g/mol. The van der Waals surface area contributed by atoms with Crippen LogP contribution in [0.2, 0.25) is 0 Å². The maximum Gasteiger partial charge on any atom is 0.421 e. The van der Waals surface area contributed by atoms with Crippen LogP contribution in [0.3, 0.4) is 0 Å². The van der Waals surface area contributed by atoms with Crippen molar-refractivity contribution in [3.05, 3.63) is 42.0 Å². The Labute approximate surface area is 102 Å². The summed E-state index contributed by atoms with van der Waals surface area (Å²) < 4.78 is 34.1. The van der Waals surface area contributed by atoms with Gasteiger partial charge in [0.25, 0.3) is 0 Å². The molecule has 0 aliphatic carbocycles. The van der Waals surface area contributed by atoms with Crippen LogP contribution in [0.15, 0.2) is 36.4 Å². The van der Waals surface area contributed by atoms with Crippen LogP contribution >= 0.6 is 23.2 Å². The number of rotatable bonds is 3. The molecule has 0 unspecified atom stereocenters. The molecule has 0 fully saturated rings. The Balaban J connectivity index is 2.62. The largest absolute Gasteiger partial charge is 0.421 e.